The molecule has 4 aromatic heterocycles. The second-order valence-corrected chi connectivity index (χ2v) is 24.7. The van der Waals surface area contributed by atoms with E-state index >= 15 is 0 Å². The highest BCUT2D eigenvalue weighted by atomic mass is 35.5. The number of nitrogens with one attached hydrogen (secondary N) is 3. The number of nitrogens with two attached hydrogens (primary N) is 1. The number of benzene rings is 4. The Morgan fingerprint density at radius 3 is 1.58 bits per heavy atom. The molecule has 0 saturated heterocycles. The summed E-state index contributed by atoms with van der Waals surface area (Å²) in [6.07, 6.45) is 11.6. The molecule has 24 heteroatoms. The largest absolute Gasteiger partial charge is 0.494 e. The number of para-hydroxylation sites is 2. The molecule has 0 radical (unpaired) electrons. The molecule has 10 rings (SSSR count). The number of amides is 3. The first-order valence-corrected chi connectivity index (χ1v) is 30.8. The van der Waals surface area contributed by atoms with Gasteiger partial charge >= 0.3 is 12.2 Å². The predicted molar refractivity (Wildman–Crippen MR) is 369 cm³/mol. The molecular formula is C68H84Cl2N14O8. The van der Waals surface area contributed by atoms with Crippen molar-refractivity contribution in [3.63, 3.8) is 0 Å². The van der Waals surface area contributed by atoms with E-state index in [1.54, 1.807) is 109 Å². The van der Waals surface area contributed by atoms with Crippen molar-refractivity contribution in [3.8, 4) is 34.0 Å². The van der Waals surface area contributed by atoms with Crippen LogP contribution in [0.15, 0.2) is 110 Å². The molecular weight excluding hydrogens is 1210 g/mol. The lowest BCUT2D eigenvalue weighted by molar-refractivity contribution is -0.112. The van der Waals surface area contributed by atoms with Crippen LogP contribution in [0.4, 0.5) is 55.6 Å². The fourth-order valence-electron chi connectivity index (χ4n) is 10.5. The number of hydrogen-bond donors (Lipinski definition) is 4. The zero-order valence-corrected chi connectivity index (χ0v) is 55.1. The molecule has 0 unspecified atom stereocenters. The Labute approximate surface area is 556 Å². The van der Waals surface area contributed by atoms with Gasteiger partial charge in [-0.05, 0) is 120 Å². The highest BCUT2D eigenvalue weighted by Crippen LogP contribution is 2.41. The standard InChI is InChI=1S/C34H41N7O4.C31H39N7O3.C3H4Cl2O/c1-8-30(42)36-26-19-27(29(44-7)20-28(26)39(5)17-18-40(6)33(43)45-34(2,3)4)38-32-35-15-14-25(37-32)24-21-41-16-10-12-22-11-9-13-23(24)31(22)41;1-31(2,3)41-30(39)37(5)16-15-36(4)26-18-27(40-6)25(17-23(26)32)35-29-33-13-12-24(34-29)22-19-38-14-8-10-20-9-7-11-21(22)28(20)38;4-2-1-3(5)6/h8-9,11,13-15,19-21H,1,10,12,16-18H2,2-7H3,(H,36,42)(H,35,37,38);7,9,11-13,17-19H,8,10,14-16,32H2,1-6H3,(H,33,34,35);1-2H2/i6D3;5D3;. The van der Waals surface area contributed by atoms with E-state index in [1.165, 1.54) is 34.7 Å². The second kappa shape index (κ2) is 30.2. The number of rotatable bonds is 20. The molecule has 488 valence electrons. The van der Waals surface area contributed by atoms with Crippen molar-refractivity contribution in [3.05, 3.63) is 121 Å². The third-order valence-electron chi connectivity index (χ3n) is 14.8. The van der Waals surface area contributed by atoms with Crippen molar-refractivity contribution in [1.82, 2.24) is 38.9 Å². The van der Waals surface area contributed by atoms with E-state index in [0.717, 1.165) is 77.6 Å². The van der Waals surface area contributed by atoms with Gasteiger partial charge in [-0.3, -0.25) is 9.59 Å². The Bertz CT molecular complexity index is 4210. The monoisotopic (exact) mass is 1300 g/mol. The topological polar surface area (TPSA) is 242 Å². The van der Waals surface area contributed by atoms with Crippen molar-refractivity contribution in [2.24, 2.45) is 0 Å². The minimum atomic E-state index is -2.73. The molecule has 0 spiro atoms. The molecule has 0 atom stereocenters. The molecule has 2 aliphatic rings. The Balaban J connectivity index is 0.000000231. The molecule has 0 aliphatic carbocycles. The molecule has 92 heavy (non-hydrogen) atoms. The highest BCUT2D eigenvalue weighted by Gasteiger charge is 2.25. The lowest BCUT2D eigenvalue weighted by atomic mass is 10.0. The molecule has 6 heterocycles. The van der Waals surface area contributed by atoms with Gasteiger partial charge in [0.05, 0.1) is 70.8 Å². The zero-order valence-electron chi connectivity index (χ0n) is 59.6. The molecule has 0 fully saturated rings. The maximum atomic E-state index is 12.8. The van der Waals surface area contributed by atoms with Crippen LogP contribution in [-0.2, 0) is 45.0 Å². The predicted octanol–water partition coefficient (Wildman–Crippen LogP) is 13.3. The van der Waals surface area contributed by atoms with Gasteiger partial charge in [0.25, 0.3) is 0 Å². The summed E-state index contributed by atoms with van der Waals surface area (Å²) in [4.78, 5) is 71.0. The number of nitrogen functional groups attached to an aromatic ring is 1. The number of aromatic nitrogens is 6. The minimum Gasteiger partial charge on any atom is -0.494 e. The Morgan fingerprint density at radius 2 is 1.15 bits per heavy atom. The normalized spacial score (nSPS) is 13.5. The van der Waals surface area contributed by atoms with Crippen molar-refractivity contribution >= 4 is 114 Å². The van der Waals surface area contributed by atoms with E-state index in [0.29, 0.717) is 68.3 Å². The summed E-state index contributed by atoms with van der Waals surface area (Å²) < 4.78 is 73.8. The second-order valence-electron chi connectivity index (χ2n) is 23.9. The third kappa shape index (κ3) is 17.4. The number of nitrogens with zero attached hydrogens (tertiary/aromatic N) is 10. The van der Waals surface area contributed by atoms with E-state index in [2.05, 4.69) is 90.4 Å². The van der Waals surface area contributed by atoms with Crippen LogP contribution in [0.3, 0.4) is 0 Å². The fourth-order valence-corrected chi connectivity index (χ4v) is 10.9. The first-order chi connectivity index (χ1) is 46.2. The molecule has 4 aromatic carbocycles. The lowest BCUT2D eigenvalue weighted by Crippen LogP contribution is -2.38. The summed E-state index contributed by atoms with van der Waals surface area (Å²) in [7, 11) is 6.53. The quantitative estimate of drug-likeness (QED) is 0.0240. The fraction of sp³-hybridized carbons (Fsp3) is 0.382. The molecule has 8 aromatic rings. The molecule has 0 saturated carbocycles. The van der Waals surface area contributed by atoms with Crippen LogP contribution in [0.1, 0.15) is 80.2 Å². The summed E-state index contributed by atoms with van der Waals surface area (Å²) in [5, 5.41) is 11.2. The molecule has 2 aliphatic heterocycles. The first-order valence-electron chi connectivity index (χ1n) is 32.9. The molecule has 0 bridgehead atoms. The SMILES string of the molecule is O=C(Cl)CCCl.[2H]C([2H])([2H])N(CCN(C)c1cc(OC)c(Nc2nccc(-c3cn4c5c(cccc35)CCC4)n2)cc1N)C(=O)OC(C)(C)C.[2H]C([2H])([2H])N(CCN(C)c1cc(OC)c(Nc2nccc(-c3cn4c5c(cccc35)CCC4)n2)cc1NC(=O)C=C)C(=O)OC(C)(C)C. The average Bonchev–Trinajstić information content (AvgIpc) is 1.60. The maximum Gasteiger partial charge on any atom is 0.410 e. The third-order valence-corrected chi connectivity index (χ3v) is 15.2. The van der Waals surface area contributed by atoms with Crippen LogP contribution in [0.2, 0.25) is 0 Å². The van der Waals surface area contributed by atoms with Crippen LogP contribution < -0.4 is 41.0 Å². The number of anilines is 8. The van der Waals surface area contributed by atoms with Gasteiger partial charge in [0.1, 0.15) is 22.7 Å². The summed E-state index contributed by atoms with van der Waals surface area (Å²) in [6, 6.07) is 23.4. The number of likely N-dealkylation sites (N-methyl/N-ethyl adjacent to an activating group) is 4. The van der Waals surface area contributed by atoms with Gasteiger partial charge < -0.3 is 69.4 Å². The molecule has 22 nitrogen and oxygen atoms in total. The number of carbonyl (C=O) groups excluding carboxylic acids is 4. The summed E-state index contributed by atoms with van der Waals surface area (Å²) in [5.41, 5.74) is 16.5. The van der Waals surface area contributed by atoms with E-state index in [4.69, 9.17) is 66.1 Å². The van der Waals surface area contributed by atoms with Crippen molar-refractivity contribution in [2.45, 2.75) is 97.9 Å². The number of halogens is 2. The van der Waals surface area contributed by atoms with Crippen LogP contribution in [-0.4, -0.2) is 148 Å². The van der Waals surface area contributed by atoms with E-state index in [9.17, 15) is 19.2 Å². The van der Waals surface area contributed by atoms with Crippen molar-refractivity contribution < 1.29 is 46.4 Å². The number of hydrogen-bond acceptors (Lipinski definition) is 17. The van der Waals surface area contributed by atoms with E-state index in [1.807, 2.05) is 12.1 Å². The summed E-state index contributed by atoms with van der Waals surface area (Å²) in [6.45, 7) is 10.1. The number of methoxy groups -OCH3 is 2. The zero-order chi connectivity index (χ0) is 71.6. The Morgan fingerprint density at radius 1 is 0.685 bits per heavy atom. The van der Waals surface area contributed by atoms with Crippen LogP contribution >= 0.6 is 23.2 Å². The molecule has 3 amide bonds. The highest BCUT2D eigenvalue weighted by molar-refractivity contribution is 6.63. The van der Waals surface area contributed by atoms with Crippen LogP contribution in [0.25, 0.3) is 44.3 Å². The number of alkyl halides is 1. The van der Waals surface area contributed by atoms with Crippen molar-refractivity contribution in [1.29, 1.82) is 0 Å². The van der Waals surface area contributed by atoms with Crippen LogP contribution in [0, 0.1) is 0 Å². The van der Waals surface area contributed by atoms with Gasteiger partial charge in [-0.2, -0.15) is 0 Å². The average molecular weight is 1300 g/mol. The summed E-state index contributed by atoms with van der Waals surface area (Å²) in [5.74, 6) is 1.48. The van der Waals surface area contributed by atoms with Gasteiger partial charge in [0, 0.05) is 147 Å². The van der Waals surface area contributed by atoms with Gasteiger partial charge in [-0.15, -0.1) is 11.6 Å². The first kappa shape index (κ1) is 60.3. The summed E-state index contributed by atoms with van der Waals surface area (Å²) >= 11 is 9.95. The van der Waals surface area contributed by atoms with Gasteiger partial charge in [-0.1, -0.05) is 43.0 Å². The minimum absolute atomic E-state index is 0.0883. The number of carbonyl (C=O) groups is 4. The van der Waals surface area contributed by atoms with E-state index in [-0.39, 0.29) is 37.8 Å². The lowest BCUT2D eigenvalue weighted by Gasteiger charge is -2.28. The smallest absolute Gasteiger partial charge is 0.410 e. The maximum absolute atomic E-state index is 12.8. The van der Waals surface area contributed by atoms with Gasteiger partial charge in [0.15, 0.2) is 0 Å². The van der Waals surface area contributed by atoms with Crippen molar-refractivity contribution in [2.75, 3.05) is 106 Å². The van der Waals surface area contributed by atoms with Gasteiger partial charge in [-0.25, -0.2) is 29.5 Å². The number of aryl methyl sites for hydroxylation is 4. The van der Waals surface area contributed by atoms with E-state index < -0.39 is 43.2 Å². The van der Waals surface area contributed by atoms with Gasteiger partial charge in [0.2, 0.25) is 23.0 Å². The van der Waals surface area contributed by atoms with Crippen LogP contribution in [0.5, 0.6) is 11.5 Å². The number of ether oxygens (including phenoxy) is 4. The Hall–Kier alpha value is -9.28. The Kier molecular flexibility index (Phi) is 19.8. The molecule has 5 N–H and O–H groups in total.